The molecule has 1 aliphatic rings. The first-order valence-electron chi connectivity index (χ1n) is 9.29. The molecule has 0 radical (unpaired) electrons. The molecule has 3 aromatic rings. The summed E-state index contributed by atoms with van der Waals surface area (Å²) in [6.07, 6.45) is 2.59. The molecule has 0 spiro atoms. The Morgan fingerprint density at radius 3 is 2.85 bits per heavy atom. The molecule has 0 saturated heterocycles. The first kappa shape index (κ1) is 17.3. The fourth-order valence-corrected chi connectivity index (χ4v) is 3.69. The van der Waals surface area contributed by atoms with Crippen molar-refractivity contribution < 1.29 is 4.79 Å². The molecule has 136 valence electrons. The van der Waals surface area contributed by atoms with E-state index in [0.29, 0.717) is 17.9 Å². The van der Waals surface area contributed by atoms with Crippen LogP contribution in [0, 0.1) is 6.92 Å². The van der Waals surface area contributed by atoms with Crippen LogP contribution in [0.2, 0.25) is 0 Å². The lowest BCUT2D eigenvalue weighted by molar-refractivity contribution is 0.0981. The van der Waals surface area contributed by atoms with Crippen molar-refractivity contribution in [1.82, 2.24) is 4.98 Å². The van der Waals surface area contributed by atoms with Crippen LogP contribution in [0.15, 0.2) is 66.9 Å². The maximum absolute atomic E-state index is 13.2. The summed E-state index contributed by atoms with van der Waals surface area (Å²) < 4.78 is 0. The van der Waals surface area contributed by atoms with E-state index in [4.69, 9.17) is 0 Å². The topological polar surface area (TPSA) is 45.2 Å². The summed E-state index contributed by atoms with van der Waals surface area (Å²) in [5, 5.41) is 3.32. The third kappa shape index (κ3) is 3.56. The molecule has 27 heavy (non-hydrogen) atoms. The molecule has 4 nitrogen and oxygen atoms in total. The van der Waals surface area contributed by atoms with Crippen molar-refractivity contribution in [3.63, 3.8) is 0 Å². The van der Waals surface area contributed by atoms with Crippen molar-refractivity contribution >= 4 is 17.4 Å². The molecule has 1 atom stereocenters. The lowest BCUT2D eigenvalue weighted by Gasteiger charge is -2.23. The molecule has 1 amide bonds. The zero-order chi connectivity index (χ0) is 18.8. The number of anilines is 2. The quantitative estimate of drug-likeness (QED) is 0.742. The number of hydrogen-bond acceptors (Lipinski definition) is 3. The first-order chi connectivity index (χ1) is 13.1. The number of carbonyl (C=O) groups excluding carboxylic acids is 1. The predicted octanol–water partition coefficient (Wildman–Crippen LogP) is 4.59. The maximum Gasteiger partial charge on any atom is 0.258 e. The van der Waals surface area contributed by atoms with E-state index in [2.05, 4.69) is 48.4 Å². The van der Waals surface area contributed by atoms with Crippen molar-refractivity contribution in [1.29, 1.82) is 0 Å². The van der Waals surface area contributed by atoms with Crippen LogP contribution >= 0.6 is 0 Å². The van der Waals surface area contributed by atoms with E-state index < -0.39 is 0 Å². The highest BCUT2D eigenvalue weighted by Crippen LogP contribution is 2.33. The van der Waals surface area contributed by atoms with Gasteiger partial charge in [-0.05, 0) is 49.6 Å². The molecule has 1 N–H and O–H groups in total. The Hall–Kier alpha value is -3.14. The molecule has 1 aromatic heterocycles. The number of nitrogens with zero attached hydrogens (tertiary/aromatic N) is 2. The van der Waals surface area contributed by atoms with Gasteiger partial charge in [-0.3, -0.25) is 4.79 Å². The van der Waals surface area contributed by atoms with Gasteiger partial charge in [0.25, 0.3) is 5.91 Å². The number of hydrogen-bond donors (Lipinski definition) is 1. The van der Waals surface area contributed by atoms with Crippen molar-refractivity contribution in [3.05, 3.63) is 89.1 Å². The SMILES string of the molecule is Cc1cccc(CNc2cc(C(=O)N3c4ccccc4CC3C)ccn2)c1. The second kappa shape index (κ2) is 7.23. The van der Waals surface area contributed by atoms with Gasteiger partial charge in [0.1, 0.15) is 5.82 Å². The van der Waals surface area contributed by atoms with Crippen molar-refractivity contribution in [2.24, 2.45) is 0 Å². The molecule has 4 rings (SSSR count). The fraction of sp³-hybridized carbons (Fsp3) is 0.217. The van der Waals surface area contributed by atoms with Gasteiger partial charge in [0.2, 0.25) is 0 Å². The van der Waals surface area contributed by atoms with Gasteiger partial charge in [0.05, 0.1) is 0 Å². The Balaban J connectivity index is 1.53. The molecule has 1 aliphatic heterocycles. The first-order valence-corrected chi connectivity index (χ1v) is 9.29. The molecular formula is C23H23N3O. The van der Waals surface area contributed by atoms with Crippen molar-refractivity contribution in [2.45, 2.75) is 32.9 Å². The lowest BCUT2D eigenvalue weighted by Crippen LogP contribution is -2.35. The maximum atomic E-state index is 13.2. The zero-order valence-electron chi connectivity index (χ0n) is 15.6. The molecule has 0 saturated carbocycles. The van der Waals surface area contributed by atoms with Gasteiger partial charge >= 0.3 is 0 Å². The minimum absolute atomic E-state index is 0.0217. The van der Waals surface area contributed by atoms with E-state index in [1.165, 1.54) is 16.7 Å². The van der Waals surface area contributed by atoms with E-state index in [1.54, 1.807) is 12.3 Å². The second-order valence-corrected chi connectivity index (χ2v) is 7.13. The van der Waals surface area contributed by atoms with Crippen molar-refractivity contribution in [2.75, 3.05) is 10.2 Å². The molecule has 0 fully saturated rings. The number of amides is 1. The highest BCUT2D eigenvalue weighted by molar-refractivity contribution is 6.08. The van der Waals surface area contributed by atoms with Gasteiger partial charge in [0, 0.05) is 30.0 Å². The van der Waals surface area contributed by atoms with Crippen LogP contribution in [0.5, 0.6) is 0 Å². The summed E-state index contributed by atoms with van der Waals surface area (Å²) in [5.74, 6) is 0.732. The number of benzene rings is 2. The molecule has 0 bridgehead atoms. The van der Waals surface area contributed by atoms with Crippen molar-refractivity contribution in [3.8, 4) is 0 Å². The average molecular weight is 357 g/mol. The lowest BCUT2D eigenvalue weighted by atomic mass is 10.1. The van der Waals surface area contributed by atoms with Crippen LogP contribution in [0.3, 0.4) is 0 Å². The normalized spacial score (nSPS) is 15.5. The number of aromatic nitrogens is 1. The number of pyridine rings is 1. The third-order valence-electron chi connectivity index (χ3n) is 4.99. The minimum atomic E-state index is 0.0217. The second-order valence-electron chi connectivity index (χ2n) is 7.13. The largest absolute Gasteiger partial charge is 0.366 e. The summed E-state index contributed by atoms with van der Waals surface area (Å²) in [7, 11) is 0. The molecule has 4 heteroatoms. The van der Waals surface area contributed by atoms with E-state index in [9.17, 15) is 4.79 Å². The third-order valence-corrected chi connectivity index (χ3v) is 4.99. The number of fused-ring (bicyclic) bond motifs is 1. The Bertz CT molecular complexity index is 983. The summed E-state index contributed by atoms with van der Waals surface area (Å²) in [5.41, 5.74) is 5.31. The Morgan fingerprint density at radius 1 is 1.15 bits per heavy atom. The standard InChI is InChI=1S/C23H23N3O/c1-16-6-5-7-18(12-16)15-25-22-14-20(10-11-24-22)23(27)26-17(2)13-19-8-3-4-9-21(19)26/h3-12,14,17H,13,15H2,1-2H3,(H,24,25). The fourth-order valence-electron chi connectivity index (χ4n) is 3.69. The Labute approximate surface area is 159 Å². The zero-order valence-corrected chi connectivity index (χ0v) is 15.6. The van der Waals surface area contributed by atoms with Gasteiger partial charge in [-0.1, -0.05) is 48.0 Å². The molecular weight excluding hydrogens is 334 g/mol. The van der Waals surface area contributed by atoms with Crippen LogP contribution < -0.4 is 10.2 Å². The summed E-state index contributed by atoms with van der Waals surface area (Å²) >= 11 is 0. The van der Waals surface area contributed by atoms with Gasteiger partial charge in [-0.2, -0.15) is 0 Å². The van der Waals surface area contributed by atoms with E-state index in [1.807, 2.05) is 35.2 Å². The highest BCUT2D eigenvalue weighted by Gasteiger charge is 2.31. The number of aryl methyl sites for hydroxylation is 1. The van der Waals surface area contributed by atoms with Gasteiger partial charge in [0.15, 0.2) is 0 Å². The molecule has 2 heterocycles. The molecule has 2 aromatic carbocycles. The summed E-state index contributed by atoms with van der Waals surface area (Å²) in [6, 6.07) is 20.3. The number of rotatable bonds is 4. The number of para-hydroxylation sites is 1. The Kier molecular flexibility index (Phi) is 4.63. The highest BCUT2D eigenvalue weighted by atomic mass is 16.2. The monoisotopic (exact) mass is 357 g/mol. The van der Waals surface area contributed by atoms with Crippen LogP contribution in [0.25, 0.3) is 0 Å². The molecule has 1 unspecified atom stereocenters. The number of carbonyl (C=O) groups is 1. The summed E-state index contributed by atoms with van der Waals surface area (Å²) in [6.45, 7) is 4.85. The average Bonchev–Trinajstić information content (AvgIpc) is 3.02. The van der Waals surface area contributed by atoms with E-state index >= 15 is 0 Å². The van der Waals surface area contributed by atoms with Gasteiger partial charge in [-0.25, -0.2) is 4.98 Å². The van der Waals surface area contributed by atoms with E-state index in [-0.39, 0.29) is 11.9 Å². The van der Waals surface area contributed by atoms with Crippen LogP contribution in [-0.4, -0.2) is 16.9 Å². The smallest absolute Gasteiger partial charge is 0.258 e. The van der Waals surface area contributed by atoms with Gasteiger partial charge < -0.3 is 10.2 Å². The minimum Gasteiger partial charge on any atom is -0.366 e. The van der Waals surface area contributed by atoms with Crippen LogP contribution in [0.4, 0.5) is 11.5 Å². The van der Waals surface area contributed by atoms with Gasteiger partial charge in [-0.15, -0.1) is 0 Å². The number of nitrogens with one attached hydrogen (secondary N) is 1. The Morgan fingerprint density at radius 2 is 2.00 bits per heavy atom. The van der Waals surface area contributed by atoms with Crippen LogP contribution in [0.1, 0.15) is 34.0 Å². The predicted molar refractivity (Wildman–Crippen MR) is 109 cm³/mol. The van der Waals surface area contributed by atoms with E-state index in [0.717, 1.165) is 12.1 Å². The summed E-state index contributed by atoms with van der Waals surface area (Å²) in [4.78, 5) is 19.4. The molecule has 0 aliphatic carbocycles. The van der Waals surface area contributed by atoms with Crippen LogP contribution in [-0.2, 0) is 13.0 Å².